The number of ether oxygens (including phenoxy) is 2. The van der Waals surface area contributed by atoms with Gasteiger partial charge in [0.1, 0.15) is 0 Å². The lowest BCUT2D eigenvalue weighted by Crippen LogP contribution is -2.26. The van der Waals surface area contributed by atoms with Crippen LogP contribution in [-0.2, 0) is 11.3 Å². The summed E-state index contributed by atoms with van der Waals surface area (Å²) in [7, 11) is 2.95. The van der Waals surface area contributed by atoms with Gasteiger partial charge in [-0.2, -0.15) is 8.78 Å². The van der Waals surface area contributed by atoms with Crippen LogP contribution in [0.2, 0.25) is 0 Å². The maximum atomic E-state index is 12.5. The van der Waals surface area contributed by atoms with Crippen molar-refractivity contribution in [3.63, 3.8) is 0 Å². The van der Waals surface area contributed by atoms with E-state index in [9.17, 15) is 18.4 Å². The van der Waals surface area contributed by atoms with Gasteiger partial charge in [-0.1, -0.05) is 35.9 Å². The Hall–Kier alpha value is -2.96. The van der Waals surface area contributed by atoms with E-state index < -0.39 is 6.61 Å². The Morgan fingerprint density at radius 1 is 1.04 bits per heavy atom. The van der Waals surface area contributed by atoms with E-state index in [2.05, 4.69) is 4.74 Å². The van der Waals surface area contributed by atoms with E-state index in [0.29, 0.717) is 11.1 Å². The van der Waals surface area contributed by atoms with Crippen molar-refractivity contribution in [2.24, 2.45) is 0 Å². The molecule has 2 aromatic carbocycles. The highest BCUT2D eigenvalue weighted by molar-refractivity contribution is 5.97. The molecule has 5 nitrogen and oxygen atoms in total. The summed E-state index contributed by atoms with van der Waals surface area (Å²) in [6.07, 6.45) is 0.175. The van der Waals surface area contributed by atoms with Crippen LogP contribution in [0.3, 0.4) is 0 Å². The van der Waals surface area contributed by atoms with Gasteiger partial charge in [-0.05, 0) is 24.6 Å². The van der Waals surface area contributed by atoms with E-state index >= 15 is 0 Å². The van der Waals surface area contributed by atoms with E-state index in [0.717, 1.165) is 5.56 Å². The van der Waals surface area contributed by atoms with Crippen molar-refractivity contribution in [1.29, 1.82) is 0 Å². The van der Waals surface area contributed by atoms with Crippen LogP contribution in [0, 0.1) is 6.92 Å². The number of hydrogen-bond acceptors (Lipinski definition) is 4. The molecule has 0 radical (unpaired) electrons. The van der Waals surface area contributed by atoms with E-state index in [1.165, 1.54) is 24.1 Å². The molecule has 28 heavy (non-hydrogen) atoms. The van der Waals surface area contributed by atoms with Crippen LogP contribution in [0.4, 0.5) is 8.78 Å². The lowest BCUT2D eigenvalue weighted by atomic mass is 10.0. The molecule has 150 valence electrons. The molecule has 1 amide bonds. The number of carbonyl (C=O) groups excluding carboxylic acids is 2. The van der Waals surface area contributed by atoms with Crippen LogP contribution >= 0.6 is 0 Å². The molecule has 7 heteroatoms. The number of halogens is 2. The van der Waals surface area contributed by atoms with Gasteiger partial charge < -0.3 is 14.4 Å². The minimum absolute atomic E-state index is 0.0692. The summed E-state index contributed by atoms with van der Waals surface area (Å²) >= 11 is 0. The van der Waals surface area contributed by atoms with Crippen molar-refractivity contribution in [2.75, 3.05) is 14.2 Å². The first-order valence-corrected chi connectivity index (χ1v) is 8.75. The molecule has 0 aromatic heterocycles. The third kappa shape index (κ3) is 6.04. The highest BCUT2D eigenvalue weighted by Gasteiger charge is 2.15. The second-order valence-electron chi connectivity index (χ2n) is 6.40. The summed E-state index contributed by atoms with van der Waals surface area (Å²) in [6.45, 7) is -0.846. The summed E-state index contributed by atoms with van der Waals surface area (Å²) in [5.74, 6) is -0.224. The fourth-order valence-electron chi connectivity index (χ4n) is 2.66. The molecule has 2 rings (SSSR count). The molecule has 0 bridgehead atoms. The summed E-state index contributed by atoms with van der Waals surface area (Å²) in [6, 6.07) is 11.8. The quantitative estimate of drug-likeness (QED) is 0.601. The van der Waals surface area contributed by atoms with Crippen LogP contribution in [0.1, 0.15) is 34.3 Å². The maximum Gasteiger partial charge on any atom is 0.387 e. The summed E-state index contributed by atoms with van der Waals surface area (Å²) in [5.41, 5.74) is 2.24. The Kier molecular flexibility index (Phi) is 7.49. The number of ketones is 1. The number of methoxy groups -OCH3 is 1. The van der Waals surface area contributed by atoms with Gasteiger partial charge >= 0.3 is 6.61 Å². The van der Waals surface area contributed by atoms with Crippen molar-refractivity contribution in [1.82, 2.24) is 4.90 Å². The largest absolute Gasteiger partial charge is 0.493 e. The second kappa shape index (κ2) is 9.82. The molecule has 0 saturated heterocycles. The molecule has 0 aliphatic heterocycles. The lowest BCUT2D eigenvalue weighted by Gasteiger charge is -2.18. The third-order valence-electron chi connectivity index (χ3n) is 4.23. The first-order chi connectivity index (χ1) is 13.3. The van der Waals surface area contributed by atoms with Crippen LogP contribution in [0.15, 0.2) is 42.5 Å². The number of carbonyl (C=O) groups is 2. The molecule has 0 aliphatic rings. The number of hydrogen-bond donors (Lipinski definition) is 0. The van der Waals surface area contributed by atoms with E-state index in [1.807, 2.05) is 19.1 Å². The van der Waals surface area contributed by atoms with Gasteiger partial charge in [-0.15, -0.1) is 0 Å². The number of alkyl halides is 2. The number of aryl methyl sites for hydroxylation is 1. The molecule has 2 aromatic rings. The average molecular weight is 391 g/mol. The Bertz CT molecular complexity index is 822. The minimum atomic E-state index is -2.98. The summed E-state index contributed by atoms with van der Waals surface area (Å²) in [4.78, 5) is 25.9. The normalized spacial score (nSPS) is 10.6. The van der Waals surface area contributed by atoms with Gasteiger partial charge in [0.05, 0.1) is 7.11 Å². The van der Waals surface area contributed by atoms with Crippen LogP contribution in [0.25, 0.3) is 0 Å². The molecular formula is C21H23F2NO4. The van der Waals surface area contributed by atoms with Gasteiger partial charge in [-0.3, -0.25) is 9.59 Å². The molecule has 0 heterocycles. The molecule has 0 N–H and O–H groups in total. The minimum Gasteiger partial charge on any atom is -0.493 e. The van der Waals surface area contributed by atoms with Gasteiger partial charge in [-0.25, -0.2) is 0 Å². The molecule has 0 aliphatic carbocycles. The second-order valence-corrected chi connectivity index (χ2v) is 6.40. The van der Waals surface area contributed by atoms with Gasteiger partial charge in [0.15, 0.2) is 17.3 Å². The Morgan fingerprint density at radius 2 is 1.71 bits per heavy atom. The fraction of sp³-hybridized carbons (Fsp3) is 0.333. The lowest BCUT2D eigenvalue weighted by molar-refractivity contribution is -0.130. The number of rotatable bonds is 9. The predicted molar refractivity (Wildman–Crippen MR) is 101 cm³/mol. The number of benzene rings is 2. The number of Topliss-reactive ketones (excluding diaryl/α,β-unsaturated/α-hetero) is 1. The maximum absolute atomic E-state index is 12.5. The first kappa shape index (κ1) is 21.3. The average Bonchev–Trinajstić information content (AvgIpc) is 2.66. The van der Waals surface area contributed by atoms with Crippen molar-refractivity contribution in [2.45, 2.75) is 32.9 Å². The standard InChI is InChI=1S/C21H23F2NO4/c1-14-4-7-16(8-5-14)17(25)9-11-20(26)24(2)13-15-6-10-18(27-3)19(12-15)28-21(22)23/h4-8,10,12,21H,9,11,13H2,1-3H3. The van der Waals surface area contributed by atoms with Crippen molar-refractivity contribution >= 4 is 11.7 Å². The zero-order valence-corrected chi connectivity index (χ0v) is 16.1. The van der Waals surface area contributed by atoms with Gasteiger partial charge in [0.2, 0.25) is 5.91 Å². The van der Waals surface area contributed by atoms with Gasteiger partial charge in [0.25, 0.3) is 0 Å². The van der Waals surface area contributed by atoms with E-state index in [-0.39, 0.29) is 42.6 Å². The van der Waals surface area contributed by atoms with Crippen LogP contribution < -0.4 is 9.47 Å². The summed E-state index contributed by atoms with van der Waals surface area (Å²) in [5, 5.41) is 0. The third-order valence-corrected chi connectivity index (χ3v) is 4.23. The Morgan fingerprint density at radius 3 is 2.32 bits per heavy atom. The monoisotopic (exact) mass is 391 g/mol. The zero-order valence-electron chi connectivity index (χ0n) is 16.1. The highest BCUT2D eigenvalue weighted by atomic mass is 19.3. The topological polar surface area (TPSA) is 55.8 Å². The smallest absolute Gasteiger partial charge is 0.387 e. The Labute approximate surface area is 162 Å². The van der Waals surface area contributed by atoms with Gasteiger partial charge in [0, 0.05) is 32.0 Å². The predicted octanol–water partition coefficient (Wildman–Crippen LogP) is 4.23. The SMILES string of the molecule is COc1ccc(CN(C)C(=O)CCC(=O)c2ccc(C)cc2)cc1OC(F)F. The number of amides is 1. The van der Waals surface area contributed by atoms with Crippen LogP contribution in [-0.4, -0.2) is 37.4 Å². The van der Waals surface area contributed by atoms with Crippen molar-refractivity contribution < 1.29 is 27.8 Å². The van der Waals surface area contributed by atoms with Crippen LogP contribution in [0.5, 0.6) is 11.5 Å². The molecule has 0 unspecified atom stereocenters. The van der Waals surface area contributed by atoms with E-state index in [1.54, 1.807) is 25.2 Å². The molecule has 0 atom stereocenters. The van der Waals surface area contributed by atoms with Crippen molar-refractivity contribution in [3.8, 4) is 11.5 Å². The zero-order chi connectivity index (χ0) is 20.7. The molecule has 0 saturated carbocycles. The first-order valence-electron chi connectivity index (χ1n) is 8.75. The highest BCUT2D eigenvalue weighted by Crippen LogP contribution is 2.30. The molecule has 0 spiro atoms. The van der Waals surface area contributed by atoms with E-state index in [4.69, 9.17) is 4.74 Å². The fourth-order valence-corrected chi connectivity index (χ4v) is 2.66. The molecular weight excluding hydrogens is 368 g/mol. The molecule has 0 fully saturated rings. The summed E-state index contributed by atoms with van der Waals surface area (Å²) < 4.78 is 34.5. The van der Waals surface area contributed by atoms with Crippen molar-refractivity contribution in [3.05, 3.63) is 59.2 Å². The Balaban J connectivity index is 1.94. The number of nitrogens with zero attached hydrogens (tertiary/aromatic N) is 1.